The van der Waals surface area contributed by atoms with Crippen molar-refractivity contribution in [2.75, 3.05) is 4.90 Å². The van der Waals surface area contributed by atoms with Crippen molar-refractivity contribution in [1.82, 2.24) is 0 Å². The van der Waals surface area contributed by atoms with Crippen LogP contribution in [0.5, 0.6) is 0 Å². The second kappa shape index (κ2) is 7.76. The van der Waals surface area contributed by atoms with Crippen LogP contribution in [0.15, 0.2) is 84.6 Å². The molecule has 4 heteroatoms. The molecule has 1 heterocycles. The molecule has 0 saturated carbocycles. The highest BCUT2D eigenvalue weighted by atomic mass is 35.5. The normalized spacial score (nSPS) is 16.8. The summed E-state index contributed by atoms with van der Waals surface area (Å²) in [6.07, 6.45) is 0. The van der Waals surface area contributed by atoms with Crippen LogP contribution in [-0.2, 0) is 4.79 Å². The molecule has 1 aliphatic heterocycles. The van der Waals surface area contributed by atoms with Gasteiger partial charge in [-0.15, -0.1) is 0 Å². The highest BCUT2D eigenvalue weighted by molar-refractivity contribution is 6.30. The maximum atomic E-state index is 13.1. The highest BCUT2D eigenvalue weighted by Gasteiger charge is 2.41. The van der Waals surface area contributed by atoms with E-state index in [0.29, 0.717) is 22.2 Å². The Bertz CT molecular complexity index is 1050. The minimum Gasteiger partial charge on any atom is -0.503 e. The zero-order valence-corrected chi connectivity index (χ0v) is 17.1. The number of anilines is 1. The molecule has 0 aliphatic carbocycles. The predicted octanol–water partition coefficient (Wildman–Crippen LogP) is 6.52. The molecule has 0 saturated heterocycles. The standard InChI is InChI=1S/C25H22ClNO2/c1-16(2)17-8-10-19(11-9-17)23-22(18-6-4-3-5-7-18)24(28)25(29)27(23)21-14-12-20(26)13-15-21/h3-16,23,28H,1-2H3/t23-/m0/s1. The number of benzene rings is 3. The molecule has 1 amide bonds. The van der Waals surface area contributed by atoms with Crippen LogP contribution in [0.2, 0.25) is 5.02 Å². The Morgan fingerprint density at radius 3 is 2.10 bits per heavy atom. The van der Waals surface area contributed by atoms with E-state index in [1.807, 2.05) is 42.5 Å². The second-order valence-corrected chi connectivity index (χ2v) is 7.94. The summed E-state index contributed by atoms with van der Waals surface area (Å²) in [4.78, 5) is 14.8. The number of hydrogen-bond acceptors (Lipinski definition) is 2. The number of nitrogens with zero attached hydrogens (tertiary/aromatic N) is 1. The number of aliphatic hydroxyl groups excluding tert-OH is 1. The van der Waals surface area contributed by atoms with E-state index in [9.17, 15) is 9.90 Å². The Hall–Kier alpha value is -3.04. The summed E-state index contributed by atoms with van der Waals surface area (Å²) in [5, 5.41) is 11.4. The van der Waals surface area contributed by atoms with E-state index in [1.165, 1.54) is 5.56 Å². The molecule has 0 spiro atoms. The van der Waals surface area contributed by atoms with Crippen LogP contribution in [0.25, 0.3) is 5.57 Å². The van der Waals surface area contributed by atoms with Gasteiger partial charge in [-0.2, -0.15) is 0 Å². The molecule has 3 nitrogen and oxygen atoms in total. The van der Waals surface area contributed by atoms with Gasteiger partial charge < -0.3 is 5.11 Å². The fourth-order valence-electron chi connectivity index (χ4n) is 3.76. The molecule has 3 aromatic carbocycles. The number of carbonyl (C=O) groups excluding carboxylic acids is 1. The minimum atomic E-state index is -0.424. The number of aliphatic hydroxyl groups is 1. The number of amides is 1. The van der Waals surface area contributed by atoms with Gasteiger partial charge in [-0.05, 0) is 46.9 Å². The number of hydrogen-bond donors (Lipinski definition) is 1. The molecule has 3 aromatic rings. The van der Waals surface area contributed by atoms with E-state index in [2.05, 4.69) is 26.0 Å². The SMILES string of the molecule is CC(C)c1ccc([C@H]2C(c3ccccc3)=C(O)C(=O)N2c2ccc(Cl)cc2)cc1. The van der Waals surface area contributed by atoms with Gasteiger partial charge in [0.1, 0.15) is 0 Å². The third-order valence-electron chi connectivity index (χ3n) is 5.32. The lowest BCUT2D eigenvalue weighted by atomic mass is 9.91. The first-order chi connectivity index (χ1) is 14.0. The zero-order chi connectivity index (χ0) is 20.5. The van der Waals surface area contributed by atoms with Gasteiger partial charge in [0, 0.05) is 16.3 Å². The quantitative estimate of drug-likeness (QED) is 0.538. The van der Waals surface area contributed by atoms with E-state index in [-0.39, 0.29) is 5.76 Å². The maximum Gasteiger partial charge on any atom is 0.294 e. The Labute approximate surface area is 175 Å². The van der Waals surface area contributed by atoms with E-state index in [4.69, 9.17) is 11.6 Å². The van der Waals surface area contributed by atoms with Crippen LogP contribution in [0, 0.1) is 0 Å². The summed E-state index contributed by atoms with van der Waals surface area (Å²) < 4.78 is 0. The van der Waals surface area contributed by atoms with Gasteiger partial charge in [-0.25, -0.2) is 0 Å². The van der Waals surface area contributed by atoms with Crippen molar-refractivity contribution >= 4 is 28.8 Å². The molecule has 1 aliphatic rings. The first-order valence-electron chi connectivity index (χ1n) is 9.65. The number of carbonyl (C=O) groups is 1. The Kier molecular flexibility index (Phi) is 5.16. The monoisotopic (exact) mass is 403 g/mol. The van der Waals surface area contributed by atoms with Crippen molar-refractivity contribution < 1.29 is 9.90 Å². The fourth-order valence-corrected chi connectivity index (χ4v) is 3.89. The van der Waals surface area contributed by atoms with Crippen LogP contribution in [0.4, 0.5) is 5.69 Å². The summed E-state index contributed by atoms with van der Waals surface area (Å²) in [6.45, 7) is 4.30. The lowest BCUT2D eigenvalue weighted by Crippen LogP contribution is -2.30. The first kappa shape index (κ1) is 19.3. The molecule has 0 unspecified atom stereocenters. The predicted molar refractivity (Wildman–Crippen MR) is 118 cm³/mol. The molecule has 29 heavy (non-hydrogen) atoms. The van der Waals surface area contributed by atoms with E-state index < -0.39 is 11.9 Å². The largest absolute Gasteiger partial charge is 0.503 e. The van der Waals surface area contributed by atoms with Crippen LogP contribution in [0.3, 0.4) is 0 Å². The summed E-state index contributed by atoms with van der Waals surface area (Å²) in [6, 6.07) is 24.5. The molecule has 4 rings (SSSR count). The number of halogens is 1. The first-order valence-corrected chi connectivity index (χ1v) is 10.0. The molecular weight excluding hydrogens is 382 g/mol. The summed E-state index contributed by atoms with van der Waals surface area (Å²) in [7, 11) is 0. The summed E-state index contributed by atoms with van der Waals surface area (Å²) in [5.41, 5.74) is 4.30. The van der Waals surface area contributed by atoms with Crippen LogP contribution in [0.1, 0.15) is 42.5 Å². The average molecular weight is 404 g/mol. The third kappa shape index (κ3) is 3.54. The van der Waals surface area contributed by atoms with Gasteiger partial charge in [-0.1, -0.05) is 80.0 Å². The van der Waals surface area contributed by atoms with Gasteiger partial charge in [0.2, 0.25) is 0 Å². The van der Waals surface area contributed by atoms with Gasteiger partial charge >= 0.3 is 0 Å². The molecular formula is C25H22ClNO2. The van der Waals surface area contributed by atoms with Crippen molar-refractivity contribution in [2.24, 2.45) is 0 Å². The van der Waals surface area contributed by atoms with Crippen molar-refractivity contribution in [3.05, 3.63) is 106 Å². The van der Waals surface area contributed by atoms with Crippen molar-refractivity contribution in [2.45, 2.75) is 25.8 Å². The van der Waals surface area contributed by atoms with Gasteiger partial charge in [-0.3, -0.25) is 9.69 Å². The smallest absolute Gasteiger partial charge is 0.294 e. The van der Waals surface area contributed by atoms with Crippen molar-refractivity contribution in [3.8, 4) is 0 Å². The van der Waals surface area contributed by atoms with Gasteiger partial charge in [0.05, 0.1) is 6.04 Å². The van der Waals surface area contributed by atoms with Gasteiger partial charge in [0.15, 0.2) is 5.76 Å². The molecule has 0 fully saturated rings. The molecule has 1 atom stereocenters. The van der Waals surface area contributed by atoms with E-state index in [0.717, 1.165) is 11.1 Å². The van der Waals surface area contributed by atoms with Crippen LogP contribution < -0.4 is 4.90 Å². The average Bonchev–Trinajstić information content (AvgIpc) is 3.00. The van der Waals surface area contributed by atoms with Crippen molar-refractivity contribution in [3.63, 3.8) is 0 Å². The van der Waals surface area contributed by atoms with Crippen LogP contribution >= 0.6 is 11.6 Å². The Morgan fingerprint density at radius 1 is 0.897 bits per heavy atom. The lowest BCUT2D eigenvalue weighted by Gasteiger charge is -2.28. The maximum absolute atomic E-state index is 13.1. The zero-order valence-electron chi connectivity index (χ0n) is 16.3. The lowest BCUT2D eigenvalue weighted by molar-refractivity contribution is -0.117. The highest BCUT2D eigenvalue weighted by Crippen LogP contribution is 2.45. The second-order valence-electron chi connectivity index (χ2n) is 7.50. The Morgan fingerprint density at radius 2 is 1.52 bits per heavy atom. The summed E-state index contributed by atoms with van der Waals surface area (Å²) >= 11 is 6.05. The van der Waals surface area contributed by atoms with E-state index >= 15 is 0 Å². The molecule has 146 valence electrons. The molecule has 1 N–H and O–H groups in total. The number of rotatable bonds is 4. The van der Waals surface area contributed by atoms with Gasteiger partial charge in [0.25, 0.3) is 5.91 Å². The minimum absolute atomic E-state index is 0.218. The molecule has 0 radical (unpaired) electrons. The topological polar surface area (TPSA) is 40.5 Å². The molecule has 0 aromatic heterocycles. The van der Waals surface area contributed by atoms with Crippen LogP contribution in [-0.4, -0.2) is 11.0 Å². The molecule has 0 bridgehead atoms. The Balaban J connectivity index is 1.87. The fraction of sp³-hybridized carbons (Fsp3) is 0.160. The van der Waals surface area contributed by atoms with Crippen molar-refractivity contribution in [1.29, 1.82) is 0 Å². The summed E-state index contributed by atoms with van der Waals surface area (Å²) in [5.74, 6) is -0.215. The van der Waals surface area contributed by atoms with E-state index in [1.54, 1.807) is 29.2 Å². The third-order valence-corrected chi connectivity index (χ3v) is 5.57.